The third kappa shape index (κ3) is 1.73. The van der Waals surface area contributed by atoms with Gasteiger partial charge < -0.3 is 10.8 Å². The zero-order valence-corrected chi connectivity index (χ0v) is 10.5. The lowest BCUT2D eigenvalue weighted by atomic mass is 9.76. The Balaban J connectivity index is 2.00. The number of rotatable bonds is 2. The lowest BCUT2D eigenvalue weighted by Crippen LogP contribution is -2.62. The normalized spacial score (nSPS) is 23.6. The summed E-state index contributed by atoms with van der Waals surface area (Å²) in [5.74, 6) is -1.23. The number of carbonyl (C=O) groups is 2. The van der Waals surface area contributed by atoms with E-state index < -0.39 is 17.6 Å². The van der Waals surface area contributed by atoms with Gasteiger partial charge in [0.15, 0.2) is 0 Å². The van der Waals surface area contributed by atoms with E-state index in [9.17, 15) is 14.7 Å². The standard InChI is InChI=1S/C14H16N2O3/c15-14(6-3-7-14)13(19)16-10-5-2-1-4-9(10)8-11(16)12(17)18/h1-2,4-5,11H,3,6-8,15H2,(H,17,18). The number of hydrogen-bond donors (Lipinski definition) is 2. The number of fused-ring (bicyclic) bond motifs is 1. The zero-order valence-electron chi connectivity index (χ0n) is 10.5. The summed E-state index contributed by atoms with van der Waals surface area (Å²) in [6.45, 7) is 0. The SMILES string of the molecule is NC1(C(=O)N2c3ccccc3CC2C(=O)O)CCC1. The van der Waals surface area contributed by atoms with E-state index in [-0.39, 0.29) is 5.91 Å². The number of carbonyl (C=O) groups excluding carboxylic acids is 1. The smallest absolute Gasteiger partial charge is 0.327 e. The molecule has 100 valence electrons. The van der Waals surface area contributed by atoms with Gasteiger partial charge in [-0.3, -0.25) is 9.69 Å². The Labute approximate surface area is 111 Å². The zero-order chi connectivity index (χ0) is 13.6. The summed E-state index contributed by atoms with van der Waals surface area (Å²) < 4.78 is 0. The number of hydrogen-bond acceptors (Lipinski definition) is 3. The van der Waals surface area contributed by atoms with Crippen LogP contribution in [0.4, 0.5) is 5.69 Å². The van der Waals surface area contributed by atoms with Crippen LogP contribution < -0.4 is 10.6 Å². The Kier molecular flexibility index (Phi) is 2.60. The molecule has 1 amide bonds. The van der Waals surface area contributed by atoms with Gasteiger partial charge in [-0.25, -0.2) is 4.79 Å². The highest BCUT2D eigenvalue weighted by atomic mass is 16.4. The van der Waals surface area contributed by atoms with Crippen molar-refractivity contribution in [1.29, 1.82) is 0 Å². The van der Waals surface area contributed by atoms with Crippen LogP contribution in [-0.2, 0) is 16.0 Å². The predicted molar refractivity (Wildman–Crippen MR) is 69.8 cm³/mol. The first-order valence-corrected chi connectivity index (χ1v) is 6.46. The van der Waals surface area contributed by atoms with Crippen molar-refractivity contribution in [3.63, 3.8) is 0 Å². The number of para-hydroxylation sites is 1. The molecule has 5 heteroatoms. The Morgan fingerprint density at radius 1 is 1.32 bits per heavy atom. The van der Waals surface area contributed by atoms with E-state index in [0.717, 1.165) is 12.0 Å². The molecule has 1 atom stereocenters. The third-order valence-electron chi connectivity index (χ3n) is 4.15. The molecule has 1 aromatic carbocycles. The molecule has 1 aliphatic carbocycles. The van der Waals surface area contributed by atoms with Crippen molar-refractivity contribution in [2.24, 2.45) is 5.73 Å². The molecule has 0 aromatic heterocycles. The topological polar surface area (TPSA) is 83.6 Å². The van der Waals surface area contributed by atoms with Crippen molar-refractivity contribution in [3.8, 4) is 0 Å². The Morgan fingerprint density at radius 2 is 2.00 bits per heavy atom. The molecule has 3 rings (SSSR count). The highest BCUT2D eigenvalue weighted by molar-refractivity contribution is 6.06. The Hall–Kier alpha value is -1.88. The van der Waals surface area contributed by atoms with Crippen LogP contribution in [0.25, 0.3) is 0 Å². The van der Waals surface area contributed by atoms with Gasteiger partial charge in [-0.15, -0.1) is 0 Å². The highest BCUT2D eigenvalue weighted by Gasteiger charge is 2.48. The average molecular weight is 260 g/mol. The fourth-order valence-corrected chi connectivity index (χ4v) is 2.85. The van der Waals surface area contributed by atoms with Crippen LogP contribution in [0.5, 0.6) is 0 Å². The molecule has 0 radical (unpaired) electrons. The van der Waals surface area contributed by atoms with E-state index in [1.165, 1.54) is 4.90 Å². The summed E-state index contributed by atoms with van der Waals surface area (Å²) in [7, 11) is 0. The Morgan fingerprint density at radius 3 is 2.58 bits per heavy atom. The first-order chi connectivity index (χ1) is 9.03. The predicted octanol–water partition coefficient (Wildman–Crippen LogP) is 0.910. The highest BCUT2D eigenvalue weighted by Crippen LogP contribution is 2.38. The monoisotopic (exact) mass is 260 g/mol. The van der Waals surface area contributed by atoms with Crippen molar-refractivity contribution in [2.45, 2.75) is 37.3 Å². The number of benzene rings is 1. The number of amides is 1. The fraction of sp³-hybridized carbons (Fsp3) is 0.429. The van der Waals surface area contributed by atoms with E-state index in [0.29, 0.717) is 24.9 Å². The van der Waals surface area contributed by atoms with E-state index in [1.807, 2.05) is 18.2 Å². The quantitative estimate of drug-likeness (QED) is 0.828. The largest absolute Gasteiger partial charge is 0.480 e. The minimum atomic E-state index is -0.979. The molecule has 0 spiro atoms. The molecule has 1 fully saturated rings. The second-order valence-electron chi connectivity index (χ2n) is 5.37. The first kappa shape index (κ1) is 12.2. The lowest BCUT2D eigenvalue weighted by Gasteiger charge is -2.40. The number of carboxylic acids is 1. The van der Waals surface area contributed by atoms with Crippen molar-refractivity contribution >= 4 is 17.6 Å². The lowest BCUT2D eigenvalue weighted by molar-refractivity contribution is -0.140. The van der Waals surface area contributed by atoms with Gasteiger partial charge in [-0.2, -0.15) is 0 Å². The summed E-state index contributed by atoms with van der Waals surface area (Å²) in [4.78, 5) is 25.3. The van der Waals surface area contributed by atoms with Crippen LogP contribution in [0, 0.1) is 0 Å². The van der Waals surface area contributed by atoms with Gasteiger partial charge in [-0.05, 0) is 30.9 Å². The van der Waals surface area contributed by atoms with Gasteiger partial charge in [0.05, 0.1) is 5.54 Å². The second-order valence-corrected chi connectivity index (χ2v) is 5.37. The summed E-state index contributed by atoms with van der Waals surface area (Å²) in [5.41, 5.74) is 6.78. The number of nitrogens with two attached hydrogens (primary N) is 1. The van der Waals surface area contributed by atoms with E-state index in [2.05, 4.69) is 0 Å². The minimum Gasteiger partial charge on any atom is -0.480 e. The molecular formula is C14H16N2O3. The molecular weight excluding hydrogens is 244 g/mol. The minimum absolute atomic E-state index is 0.254. The fourth-order valence-electron chi connectivity index (χ4n) is 2.85. The number of aliphatic carboxylic acids is 1. The molecule has 0 saturated heterocycles. The summed E-state index contributed by atoms with van der Waals surface area (Å²) >= 11 is 0. The number of anilines is 1. The van der Waals surface area contributed by atoms with Gasteiger partial charge >= 0.3 is 5.97 Å². The maximum atomic E-state index is 12.6. The van der Waals surface area contributed by atoms with Crippen LogP contribution in [0.1, 0.15) is 24.8 Å². The van der Waals surface area contributed by atoms with Crippen molar-refractivity contribution in [1.82, 2.24) is 0 Å². The van der Waals surface area contributed by atoms with Crippen LogP contribution >= 0.6 is 0 Å². The van der Waals surface area contributed by atoms with Crippen LogP contribution in [0.2, 0.25) is 0 Å². The number of nitrogens with zero attached hydrogens (tertiary/aromatic N) is 1. The third-order valence-corrected chi connectivity index (χ3v) is 4.15. The number of carboxylic acid groups (broad SMARTS) is 1. The summed E-state index contributed by atoms with van der Waals surface area (Å²) in [5, 5.41) is 9.33. The molecule has 5 nitrogen and oxygen atoms in total. The van der Waals surface area contributed by atoms with Crippen LogP contribution in [-0.4, -0.2) is 28.6 Å². The van der Waals surface area contributed by atoms with Gasteiger partial charge in [0.25, 0.3) is 0 Å². The molecule has 0 bridgehead atoms. The average Bonchev–Trinajstić information content (AvgIpc) is 2.74. The summed E-state index contributed by atoms with van der Waals surface area (Å²) in [6.07, 6.45) is 2.55. The first-order valence-electron chi connectivity index (χ1n) is 6.46. The molecule has 3 N–H and O–H groups in total. The van der Waals surface area contributed by atoms with E-state index in [4.69, 9.17) is 5.73 Å². The Bertz CT molecular complexity index is 551. The van der Waals surface area contributed by atoms with Gasteiger partial charge in [0.2, 0.25) is 5.91 Å². The molecule has 19 heavy (non-hydrogen) atoms. The van der Waals surface area contributed by atoms with Gasteiger partial charge in [0, 0.05) is 12.1 Å². The van der Waals surface area contributed by atoms with Crippen molar-refractivity contribution in [3.05, 3.63) is 29.8 Å². The van der Waals surface area contributed by atoms with E-state index in [1.54, 1.807) is 6.07 Å². The molecule has 2 aliphatic rings. The maximum absolute atomic E-state index is 12.6. The van der Waals surface area contributed by atoms with E-state index >= 15 is 0 Å². The van der Waals surface area contributed by atoms with Crippen molar-refractivity contribution in [2.75, 3.05) is 4.90 Å². The summed E-state index contributed by atoms with van der Waals surface area (Å²) in [6, 6.07) is 6.49. The molecule has 1 unspecified atom stereocenters. The second kappa shape index (κ2) is 4.06. The van der Waals surface area contributed by atoms with Crippen molar-refractivity contribution < 1.29 is 14.7 Å². The molecule has 1 aliphatic heterocycles. The van der Waals surface area contributed by atoms with Gasteiger partial charge in [-0.1, -0.05) is 18.2 Å². The van der Waals surface area contributed by atoms with Gasteiger partial charge in [0.1, 0.15) is 6.04 Å². The van der Waals surface area contributed by atoms with Crippen LogP contribution in [0.15, 0.2) is 24.3 Å². The molecule has 1 saturated carbocycles. The maximum Gasteiger partial charge on any atom is 0.327 e. The molecule has 1 heterocycles. The van der Waals surface area contributed by atoms with Crippen LogP contribution in [0.3, 0.4) is 0 Å². The molecule has 1 aromatic rings.